The third-order valence-corrected chi connectivity index (χ3v) is 4.17. The highest BCUT2D eigenvalue weighted by molar-refractivity contribution is 9.11. The number of carbonyl (C=O) groups is 2. The lowest BCUT2D eigenvalue weighted by atomic mass is 10.2. The van der Waals surface area contributed by atoms with E-state index < -0.39 is 0 Å². The van der Waals surface area contributed by atoms with Crippen LogP contribution in [0.3, 0.4) is 0 Å². The first-order valence-corrected chi connectivity index (χ1v) is 7.85. The van der Waals surface area contributed by atoms with Crippen LogP contribution in [0.4, 0.5) is 0 Å². The lowest BCUT2D eigenvalue weighted by Gasteiger charge is -2.19. The summed E-state index contributed by atoms with van der Waals surface area (Å²) >= 11 is 5.01. The molecule has 0 bridgehead atoms. The Bertz CT molecular complexity index is 433. The van der Waals surface area contributed by atoms with E-state index in [9.17, 15) is 9.59 Å². The average Bonchev–Trinajstić information content (AvgIpc) is 2.79. The molecular formula is C13H18BrNO3S. The van der Waals surface area contributed by atoms with Gasteiger partial charge in [0, 0.05) is 17.8 Å². The summed E-state index contributed by atoms with van der Waals surface area (Å²) in [5.41, 5.74) is 0. The molecule has 4 nitrogen and oxygen atoms in total. The summed E-state index contributed by atoms with van der Waals surface area (Å²) in [5.74, 6) is -0.328. The van der Waals surface area contributed by atoms with Crippen molar-refractivity contribution in [1.29, 1.82) is 0 Å². The van der Waals surface area contributed by atoms with Gasteiger partial charge in [-0.3, -0.25) is 9.59 Å². The lowest BCUT2D eigenvalue weighted by Crippen LogP contribution is -2.30. The number of nitrogens with zero attached hydrogens (tertiary/aromatic N) is 1. The fraction of sp³-hybridized carbons (Fsp3) is 0.538. The highest BCUT2D eigenvalue weighted by Crippen LogP contribution is 2.23. The van der Waals surface area contributed by atoms with Crippen molar-refractivity contribution >= 4 is 39.1 Å². The molecule has 0 saturated carbocycles. The normalized spacial score (nSPS) is 10.3. The van der Waals surface area contributed by atoms with Crippen LogP contribution in [0.5, 0.6) is 0 Å². The molecule has 0 aliphatic carbocycles. The van der Waals surface area contributed by atoms with Crippen molar-refractivity contribution in [2.45, 2.75) is 33.2 Å². The summed E-state index contributed by atoms with van der Waals surface area (Å²) in [6.45, 7) is 5.27. The molecule has 0 spiro atoms. The Hall–Kier alpha value is -0.880. The van der Waals surface area contributed by atoms with Gasteiger partial charge in [0.2, 0.25) is 5.91 Å². The van der Waals surface area contributed by atoms with E-state index in [4.69, 9.17) is 4.74 Å². The zero-order valence-corrected chi connectivity index (χ0v) is 13.6. The molecule has 19 heavy (non-hydrogen) atoms. The molecular weight excluding hydrogens is 330 g/mol. The molecule has 0 N–H and O–H groups in total. The second kappa shape index (κ2) is 8.32. The summed E-state index contributed by atoms with van der Waals surface area (Å²) < 4.78 is 5.87. The first kappa shape index (κ1) is 16.2. The predicted molar refractivity (Wildman–Crippen MR) is 79.0 cm³/mol. The minimum atomic E-state index is -0.314. The van der Waals surface area contributed by atoms with Gasteiger partial charge in [-0.05, 0) is 41.9 Å². The van der Waals surface area contributed by atoms with Crippen molar-refractivity contribution < 1.29 is 14.3 Å². The van der Waals surface area contributed by atoms with E-state index >= 15 is 0 Å². The van der Waals surface area contributed by atoms with Crippen molar-refractivity contribution in [2.75, 3.05) is 13.2 Å². The van der Waals surface area contributed by atoms with Crippen LogP contribution in [0.1, 0.15) is 31.6 Å². The van der Waals surface area contributed by atoms with E-state index in [1.807, 2.05) is 19.1 Å². The van der Waals surface area contributed by atoms with Crippen LogP contribution in [0, 0.1) is 0 Å². The van der Waals surface area contributed by atoms with Crippen LogP contribution in [0.25, 0.3) is 0 Å². The first-order valence-electron chi connectivity index (χ1n) is 6.24. The average molecular weight is 348 g/mol. The fourth-order valence-corrected chi connectivity index (χ4v) is 3.10. The smallest absolute Gasteiger partial charge is 0.306 e. The standard InChI is InChI=1S/C13H18BrNO3S/c1-3-15(9-10-5-6-11(14)19-10)12(16)7-8-13(17)18-4-2/h5-6H,3-4,7-9H2,1-2H3. The molecule has 0 aliphatic rings. The highest BCUT2D eigenvalue weighted by atomic mass is 79.9. The van der Waals surface area contributed by atoms with E-state index in [-0.39, 0.29) is 24.7 Å². The Balaban J connectivity index is 2.45. The second-order valence-electron chi connectivity index (χ2n) is 3.92. The fourth-order valence-electron chi connectivity index (χ4n) is 1.60. The van der Waals surface area contributed by atoms with Crippen LogP contribution in [0.15, 0.2) is 15.9 Å². The topological polar surface area (TPSA) is 46.6 Å². The van der Waals surface area contributed by atoms with Gasteiger partial charge in [-0.15, -0.1) is 11.3 Å². The van der Waals surface area contributed by atoms with E-state index in [1.165, 1.54) is 0 Å². The Morgan fingerprint density at radius 3 is 2.58 bits per heavy atom. The molecule has 0 unspecified atom stereocenters. The SMILES string of the molecule is CCOC(=O)CCC(=O)N(CC)Cc1ccc(Br)s1. The number of carbonyl (C=O) groups excluding carboxylic acids is 2. The van der Waals surface area contributed by atoms with Gasteiger partial charge in [0.15, 0.2) is 0 Å². The number of hydrogen-bond donors (Lipinski definition) is 0. The maximum atomic E-state index is 12.0. The molecule has 0 saturated heterocycles. The van der Waals surface area contributed by atoms with Crippen LogP contribution >= 0.6 is 27.3 Å². The Labute approximate surface area is 125 Å². The van der Waals surface area contributed by atoms with E-state index in [2.05, 4.69) is 15.9 Å². The van der Waals surface area contributed by atoms with Crippen molar-refractivity contribution in [1.82, 2.24) is 4.90 Å². The molecule has 1 aromatic heterocycles. The van der Waals surface area contributed by atoms with Crippen LogP contribution in [0.2, 0.25) is 0 Å². The Morgan fingerprint density at radius 2 is 2.05 bits per heavy atom. The minimum absolute atomic E-state index is 0.0138. The molecule has 106 valence electrons. The van der Waals surface area contributed by atoms with Crippen LogP contribution in [-0.2, 0) is 20.9 Å². The van der Waals surface area contributed by atoms with Gasteiger partial charge in [-0.25, -0.2) is 0 Å². The maximum absolute atomic E-state index is 12.0. The van der Waals surface area contributed by atoms with Crippen molar-refractivity contribution in [3.05, 3.63) is 20.8 Å². The Morgan fingerprint density at radius 1 is 1.32 bits per heavy atom. The maximum Gasteiger partial charge on any atom is 0.306 e. The number of ether oxygens (including phenoxy) is 1. The number of esters is 1. The van der Waals surface area contributed by atoms with Gasteiger partial charge in [0.1, 0.15) is 0 Å². The molecule has 0 fully saturated rings. The van der Waals surface area contributed by atoms with Gasteiger partial charge < -0.3 is 9.64 Å². The molecule has 0 atom stereocenters. The molecule has 1 aromatic rings. The number of rotatable bonds is 7. The second-order valence-corrected chi connectivity index (χ2v) is 6.47. The number of thiophene rings is 1. The molecule has 6 heteroatoms. The lowest BCUT2D eigenvalue weighted by molar-refractivity contribution is -0.145. The zero-order chi connectivity index (χ0) is 14.3. The third kappa shape index (κ3) is 5.74. The summed E-state index contributed by atoms with van der Waals surface area (Å²) in [6.07, 6.45) is 0.358. The predicted octanol–water partition coefficient (Wildman–Crippen LogP) is 3.20. The van der Waals surface area contributed by atoms with Crippen molar-refractivity contribution in [3.8, 4) is 0 Å². The largest absolute Gasteiger partial charge is 0.466 e. The van der Waals surface area contributed by atoms with Gasteiger partial charge in [-0.1, -0.05) is 0 Å². The van der Waals surface area contributed by atoms with E-state index in [0.29, 0.717) is 19.7 Å². The number of hydrogen-bond acceptors (Lipinski definition) is 4. The third-order valence-electron chi connectivity index (χ3n) is 2.56. The van der Waals surface area contributed by atoms with Gasteiger partial charge in [-0.2, -0.15) is 0 Å². The van der Waals surface area contributed by atoms with Gasteiger partial charge in [0.05, 0.1) is 23.4 Å². The van der Waals surface area contributed by atoms with Crippen LogP contribution < -0.4 is 0 Å². The van der Waals surface area contributed by atoms with Crippen molar-refractivity contribution in [2.24, 2.45) is 0 Å². The molecule has 0 aliphatic heterocycles. The van der Waals surface area contributed by atoms with Crippen LogP contribution in [-0.4, -0.2) is 29.9 Å². The number of amides is 1. The highest BCUT2D eigenvalue weighted by Gasteiger charge is 2.15. The summed E-state index contributed by atoms with van der Waals surface area (Å²) in [5, 5.41) is 0. The summed E-state index contributed by atoms with van der Waals surface area (Å²) in [7, 11) is 0. The minimum Gasteiger partial charge on any atom is -0.466 e. The molecule has 1 amide bonds. The number of halogens is 1. The molecule has 1 heterocycles. The molecule has 0 aromatic carbocycles. The van der Waals surface area contributed by atoms with E-state index in [1.54, 1.807) is 23.2 Å². The monoisotopic (exact) mass is 347 g/mol. The summed E-state index contributed by atoms with van der Waals surface area (Å²) in [6, 6.07) is 3.97. The van der Waals surface area contributed by atoms with Gasteiger partial charge in [0.25, 0.3) is 0 Å². The van der Waals surface area contributed by atoms with Crippen molar-refractivity contribution in [3.63, 3.8) is 0 Å². The summed E-state index contributed by atoms with van der Waals surface area (Å²) in [4.78, 5) is 26.1. The zero-order valence-electron chi connectivity index (χ0n) is 11.1. The molecule has 1 rings (SSSR count). The molecule has 0 radical (unpaired) electrons. The van der Waals surface area contributed by atoms with Gasteiger partial charge >= 0.3 is 5.97 Å². The quantitative estimate of drug-likeness (QED) is 0.711. The van der Waals surface area contributed by atoms with E-state index in [0.717, 1.165) is 8.66 Å². The first-order chi connectivity index (χ1) is 9.06. The Kier molecular flexibility index (Phi) is 7.09.